The van der Waals surface area contributed by atoms with Crippen LogP contribution in [-0.4, -0.2) is 38.3 Å². The van der Waals surface area contributed by atoms with Crippen LogP contribution in [-0.2, 0) is 14.6 Å². The summed E-state index contributed by atoms with van der Waals surface area (Å²) in [5, 5.41) is 3.43. The maximum Gasteiger partial charge on any atom is 0.150 e. The first kappa shape index (κ1) is 15.2. The van der Waals surface area contributed by atoms with Crippen molar-refractivity contribution in [2.45, 2.75) is 44.9 Å². The molecule has 17 heavy (non-hydrogen) atoms. The van der Waals surface area contributed by atoms with Gasteiger partial charge in [0.25, 0.3) is 0 Å². The minimum atomic E-state index is -2.74. The van der Waals surface area contributed by atoms with E-state index >= 15 is 0 Å². The third kappa shape index (κ3) is 4.09. The summed E-state index contributed by atoms with van der Waals surface area (Å²) in [5.41, 5.74) is -0.245. The van der Waals surface area contributed by atoms with Gasteiger partial charge in [-0.05, 0) is 39.0 Å². The summed E-state index contributed by atoms with van der Waals surface area (Å²) in [4.78, 5) is 0. The topological polar surface area (TPSA) is 55.4 Å². The molecule has 0 amide bonds. The van der Waals surface area contributed by atoms with Crippen LogP contribution >= 0.6 is 12.4 Å². The third-order valence-electron chi connectivity index (χ3n) is 3.56. The number of nitrogens with one attached hydrogen (secondary N) is 1. The van der Waals surface area contributed by atoms with Crippen molar-refractivity contribution < 1.29 is 13.2 Å². The summed E-state index contributed by atoms with van der Waals surface area (Å²) >= 11 is 0. The number of hydrogen-bond donors (Lipinski definition) is 1. The standard InChI is InChI=1S/C11H21NO3S.ClH/c1-9-8-15-11(2,12-9)7-10-3-5-16(13,14)6-4-10;/h9-10,12H,3-8H2,1-2H3;1H. The summed E-state index contributed by atoms with van der Waals surface area (Å²) in [7, 11) is -2.74. The van der Waals surface area contributed by atoms with Crippen molar-refractivity contribution >= 4 is 22.2 Å². The zero-order valence-corrected chi connectivity index (χ0v) is 12.1. The molecule has 2 atom stereocenters. The van der Waals surface area contributed by atoms with Crippen LogP contribution in [0.5, 0.6) is 0 Å². The molecule has 0 aromatic carbocycles. The second kappa shape index (κ2) is 5.43. The predicted octanol–water partition coefficient (Wildman–Crippen LogP) is 1.35. The quantitative estimate of drug-likeness (QED) is 0.831. The lowest BCUT2D eigenvalue weighted by atomic mass is 9.93. The highest BCUT2D eigenvalue weighted by Gasteiger charge is 2.37. The molecule has 0 spiro atoms. The average Bonchev–Trinajstić information content (AvgIpc) is 2.50. The Kier molecular flexibility index (Phi) is 4.86. The fraction of sp³-hybridized carbons (Fsp3) is 1.00. The summed E-state index contributed by atoms with van der Waals surface area (Å²) in [5.74, 6) is 1.18. The maximum atomic E-state index is 11.3. The van der Waals surface area contributed by atoms with Crippen LogP contribution in [0.25, 0.3) is 0 Å². The molecule has 0 aliphatic carbocycles. The molecule has 1 N–H and O–H groups in total. The zero-order valence-electron chi connectivity index (χ0n) is 10.4. The Bertz CT molecular complexity index is 346. The largest absolute Gasteiger partial charge is 0.359 e. The number of halogens is 1. The van der Waals surface area contributed by atoms with Crippen LogP contribution in [0.15, 0.2) is 0 Å². The average molecular weight is 284 g/mol. The van der Waals surface area contributed by atoms with Crippen LogP contribution in [0, 0.1) is 5.92 Å². The Hall–Kier alpha value is 0.160. The molecular weight excluding hydrogens is 262 g/mol. The van der Waals surface area contributed by atoms with E-state index in [2.05, 4.69) is 19.2 Å². The van der Waals surface area contributed by atoms with Gasteiger partial charge in [-0.2, -0.15) is 0 Å². The normalized spacial score (nSPS) is 37.6. The van der Waals surface area contributed by atoms with Crippen molar-refractivity contribution in [2.24, 2.45) is 5.92 Å². The molecule has 0 aromatic rings. The Morgan fingerprint density at radius 1 is 1.35 bits per heavy atom. The van der Waals surface area contributed by atoms with Crippen LogP contribution in [0.3, 0.4) is 0 Å². The molecule has 102 valence electrons. The van der Waals surface area contributed by atoms with E-state index in [0.717, 1.165) is 25.9 Å². The first-order valence-corrected chi connectivity index (χ1v) is 7.83. The smallest absolute Gasteiger partial charge is 0.150 e. The molecule has 0 bridgehead atoms. The van der Waals surface area contributed by atoms with Crippen molar-refractivity contribution in [2.75, 3.05) is 18.1 Å². The number of sulfone groups is 1. The molecule has 2 saturated heterocycles. The molecule has 2 aliphatic heterocycles. The first-order valence-electron chi connectivity index (χ1n) is 6.01. The van der Waals surface area contributed by atoms with Gasteiger partial charge in [0.15, 0.2) is 0 Å². The summed E-state index contributed by atoms with van der Waals surface area (Å²) < 4.78 is 28.4. The lowest BCUT2D eigenvalue weighted by Gasteiger charge is -2.31. The third-order valence-corrected chi connectivity index (χ3v) is 5.27. The molecule has 2 rings (SSSR count). The van der Waals surface area contributed by atoms with Crippen molar-refractivity contribution in [1.82, 2.24) is 5.32 Å². The van der Waals surface area contributed by atoms with Gasteiger partial charge in [-0.25, -0.2) is 8.42 Å². The lowest BCUT2D eigenvalue weighted by molar-refractivity contribution is -0.0145. The number of ether oxygens (including phenoxy) is 1. The molecule has 0 saturated carbocycles. The molecule has 0 radical (unpaired) electrons. The van der Waals surface area contributed by atoms with E-state index in [9.17, 15) is 8.42 Å². The minimum absolute atomic E-state index is 0. The molecular formula is C11H22ClNO3S. The van der Waals surface area contributed by atoms with Gasteiger partial charge >= 0.3 is 0 Å². The number of rotatable bonds is 2. The Morgan fingerprint density at radius 3 is 2.41 bits per heavy atom. The fourth-order valence-electron chi connectivity index (χ4n) is 2.73. The second-order valence-corrected chi connectivity index (χ2v) is 7.69. The monoisotopic (exact) mass is 283 g/mol. The van der Waals surface area contributed by atoms with E-state index in [1.54, 1.807) is 0 Å². The van der Waals surface area contributed by atoms with E-state index < -0.39 is 9.84 Å². The molecule has 6 heteroatoms. The highest BCUT2D eigenvalue weighted by molar-refractivity contribution is 7.91. The summed E-state index contributed by atoms with van der Waals surface area (Å²) in [6.45, 7) is 4.93. The summed E-state index contributed by atoms with van der Waals surface area (Å²) in [6.07, 6.45) is 2.50. The van der Waals surface area contributed by atoms with E-state index in [1.807, 2.05) is 0 Å². The van der Waals surface area contributed by atoms with Gasteiger partial charge in [0, 0.05) is 6.04 Å². The van der Waals surface area contributed by atoms with E-state index in [-0.39, 0.29) is 18.1 Å². The van der Waals surface area contributed by atoms with Gasteiger partial charge < -0.3 is 4.74 Å². The van der Waals surface area contributed by atoms with Crippen LogP contribution in [0.2, 0.25) is 0 Å². The van der Waals surface area contributed by atoms with Gasteiger partial charge in [0.05, 0.1) is 18.1 Å². The van der Waals surface area contributed by atoms with E-state index in [0.29, 0.717) is 23.5 Å². The molecule has 0 aromatic heterocycles. The lowest BCUT2D eigenvalue weighted by Crippen LogP contribution is -2.43. The van der Waals surface area contributed by atoms with Crippen molar-refractivity contribution in [3.05, 3.63) is 0 Å². The van der Waals surface area contributed by atoms with E-state index in [4.69, 9.17) is 4.74 Å². The van der Waals surface area contributed by atoms with Gasteiger partial charge in [0.1, 0.15) is 15.6 Å². The second-order valence-electron chi connectivity index (χ2n) is 5.39. The van der Waals surface area contributed by atoms with Gasteiger partial charge in [-0.15, -0.1) is 12.4 Å². The van der Waals surface area contributed by atoms with Crippen molar-refractivity contribution in [1.29, 1.82) is 0 Å². The highest BCUT2D eigenvalue weighted by Crippen LogP contribution is 2.30. The SMILES string of the molecule is CC1COC(C)(CC2CCS(=O)(=O)CC2)N1.Cl. The molecule has 2 unspecified atom stereocenters. The fourth-order valence-corrected chi connectivity index (χ4v) is 4.31. The minimum Gasteiger partial charge on any atom is -0.359 e. The first-order chi connectivity index (χ1) is 7.39. The van der Waals surface area contributed by atoms with Gasteiger partial charge in [0.2, 0.25) is 0 Å². The van der Waals surface area contributed by atoms with Crippen LogP contribution < -0.4 is 5.32 Å². The van der Waals surface area contributed by atoms with Gasteiger partial charge in [-0.1, -0.05) is 0 Å². The number of hydrogen-bond acceptors (Lipinski definition) is 4. The van der Waals surface area contributed by atoms with Gasteiger partial charge in [-0.3, -0.25) is 5.32 Å². The molecule has 2 heterocycles. The van der Waals surface area contributed by atoms with Crippen molar-refractivity contribution in [3.8, 4) is 0 Å². The predicted molar refractivity (Wildman–Crippen MR) is 70.2 cm³/mol. The van der Waals surface area contributed by atoms with Crippen LogP contribution in [0.4, 0.5) is 0 Å². The highest BCUT2D eigenvalue weighted by atomic mass is 35.5. The van der Waals surface area contributed by atoms with E-state index in [1.165, 1.54) is 0 Å². The molecule has 2 fully saturated rings. The van der Waals surface area contributed by atoms with Crippen LogP contribution in [0.1, 0.15) is 33.1 Å². The van der Waals surface area contributed by atoms with Crippen molar-refractivity contribution in [3.63, 3.8) is 0 Å². The Labute approximate surface area is 110 Å². The summed E-state index contributed by atoms with van der Waals surface area (Å²) in [6, 6.07) is 0.400. The Balaban J connectivity index is 0.00000144. The molecule has 4 nitrogen and oxygen atoms in total. The molecule has 2 aliphatic rings. The maximum absolute atomic E-state index is 11.3. The zero-order chi connectivity index (χ0) is 11.8. The Morgan fingerprint density at radius 2 is 1.94 bits per heavy atom.